The topological polar surface area (TPSA) is 55.8 Å². The first-order valence-electron chi connectivity index (χ1n) is 8.67. The highest BCUT2D eigenvalue weighted by Crippen LogP contribution is 2.03. The molecule has 0 amide bonds. The second-order valence-corrected chi connectivity index (χ2v) is 5.43. The molecule has 0 heterocycles. The third kappa shape index (κ3) is 12.6. The molecule has 0 aromatic rings. The molecule has 0 aromatic heterocycles. The Labute approximate surface area is 135 Å². The molecule has 0 N–H and O–H groups in total. The van der Waals surface area contributed by atoms with E-state index >= 15 is 0 Å². The van der Waals surface area contributed by atoms with Gasteiger partial charge in [-0.2, -0.15) is 0 Å². The maximum Gasteiger partial charge on any atom is 0.306 e. The molecule has 0 unspecified atom stereocenters. The predicted molar refractivity (Wildman–Crippen MR) is 87.7 cm³/mol. The first-order valence-corrected chi connectivity index (χ1v) is 8.67. The van der Waals surface area contributed by atoms with Crippen molar-refractivity contribution in [1.29, 1.82) is 0 Å². The van der Waals surface area contributed by atoms with Gasteiger partial charge >= 0.3 is 11.9 Å². The van der Waals surface area contributed by atoms with Crippen LogP contribution in [0.25, 0.3) is 0 Å². The van der Waals surface area contributed by atoms with Crippen LogP contribution in [-0.4, -0.2) is 49.7 Å². The van der Waals surface area contributed by atoms with Gasteiger partial charge in [-0.1, -0.05) is 13.8 Å². The maximum absolute atomic E-state index is 11.4. The second-order valence-electron chi connectivity index (χ2n) is 5.43. The van der Waals surface area contributed by atoms with Gasteiger partial charge < -0.3 is 14.4 Å². The van der Waals surface area contributed by atoms with Gasteiger partial charge in [-0.05, 0) is 58.7 Å². The summed E-state index contributed by atoms with van der Waals surface area (Å²) in [6, 6.07) is 0. The summed E-state index contributed by atoms with van der Waals surface area (Å²) in [5.74, 6) is -0.655. The fraction of sp³-hybridized carbons (Fsp3) is 0.882. The number of rotatable bonds is 14. The normalized spacial score (nSPS) is 10.7. The fourth-order valence-electron chi connectivity index (χ4n) is 2.28. The fourth-order valence-corrected chi connectivity index (χ4v) is 2.28. The van der Waals surface area contributed by atoms with E-state index in [9.17, 15) is 9.59 Å². The quantitative estimate of drug-likeness (QED) is 0.364. The van der Waals surface area contributed by atoms with Crippen molar-refractivity contribution >= 4 is 11.9 Å². The highest BCUT2D eigenvalue weighted by Gasteiger charge is 2.08. The minimum absolute atomic E-state index is 0.107. The van der Waals surface area contributed by atoms with Crippen molar-refractivity contribution in [2.24, 2.45) is 0 Å². The molecule has 5 heteroatoms. The lowest BCUT2D eigenvalue weighted by Gasteiger charge is -2.20. The van der Waals surface area contributed by atoms with Crippen LogP contribution in [0, 0.1) is 0 Å². The van der Waals surface area contributed by atoms with Crippen LogP contribution in [-0.2, 0) is 19.1 Å². The molecule has 0 radical (unpaired) electrons. The monoisotopic (exact) mass is 315 g/mol. The smallest absolute Gasteiger partial charge is 0.306 e. The second kappa shape index (κ2) is 14.8. The van der Waals surface area contributed by atoms with Gasteiger partial charge in [-0.25, -0.2) is 0 Å². The Morgan fingerprint density at radius 2 is 1.36 bits per heavy atom. The Bertz CT molecular complexity index is 288. The zero-order valence-electron chi connectivity index (χ0n) is 14.6. The Hall–Kier alpha value is -1.10. The van der Waals surface area contributed by atoms with E-state index in [-0.39, 0.29) is 24.8 Å². The number of nitrogens with zero attached hydrogens (tertiary/aromatic N) is 1. The van der Waals surface area contributed by atoms with Crippen LogP contribution in [0.4, 0.5) is 0 Å². The van der Waals surface area contributed by atoms with Crippen molar-refractivity contribution in [3.63, 3.8) is 0 Å². The number of esters is 2. The third-order valence-corrected chi connectivity index (χ3v) is 3.30. The van der Waals surface area contributed by atoms with Crippen LogP contribution >= 0.6 is 0 Å². The van der Waals surface area contributed by atoms with Crippen molar-refractivity contribution in [3.05, 3.63) is 0 Å². The molecule has 0 aliphatic rings. The van der Waals surface area contributed by atoms with Gasteiger partial charge in [0.05, 0.1) is 26.1 Å². The van der Waals surface area contributed by atoms with Crippen LogP contribution < -0.4 is 0 Å². The molecule has 0 rings (SSSR count). The van der Waals surface area contributed by atoms with E-state index in [0.717, 1.165) is 38.9 Å². The zero-order chi connectivity index (χ0) is 16.6. The van der Waals surface area contributed by atoms with Crippen molar-refractivity contribution in [1.82, 2.24) is 4.90 Å². The number of ether oxygens (including phenoxy) is 2. The number of carbonyl (C=O) groups excluding carboxylic acids is 2. The highest BCUT2D eigenvalue weighted by molar-refractivity contribution is 5.77. The lowest BCUT2D eigenvalue weighted by Crippen LogP contribution is -2.26. The van der Waals surface area contributed by atoms with Crippen LogP contribution in [0.5, 0.6) is 0 Å². The summed E-state index contributed by atoms with van der Waals surface area (Å²) in [5, 5.41) is 0. The van der Waals surface area contributed by atoms with E-state index < -0.39 is 0 Å². The van der Waals surface area contributed by atoms with E-state index in [1.54, 1.807) is 6.92 Å². The van der Waals surface area contributed by atoms with Crippen LogP contribution in [0.15, 0.2) is 0 Å². The summed E-state index contributed by atoms with van der Waals surface area (Å²) < 4.78 is 9.87. The molecule has 0 saturated heterocycles. The summed E-state index contributed by atoms with van der Waals surface area (Å²) in [5.41, 5.74) is 0. The standard InChI is InChI=1S/C17H33NO4/c1-4-12-18(13-5-2)14-8-7-9-15-22-17(20)11-10-16(19)21-6-3/h4-15H2,1-3H3. The van der Waals surface area contributed by atoms with E-state index in [2.05, 4.69) is 18.7 Å². The summed E-state index contributed by atoms with van der Waals surface area (Å²) >= 11 is 0. The molecule has 0 atom stereocenters. The number of unbranched alkanes of at least 4 members (excludes halogenated alkanes) is 2. The van der Waals surface area contributed by atoms with Crippen LogP contribution in [0.1, 0.15) is 65.7 Å². The lowest BCUT2D eigenvalue weighted by molar-refractivity contribution is -0.150. The Kier molecular flexibility index (Phi) is 14.1. The Morgan fingerprint density at radius 1 is 0.773 bits per heavy atom. The molecule has 0 saturated carbocycles. The minimum atomic E-state index is -0.341. The van der Waals surface area contributed by atoms with Crippen molar-refractivity contribution in [3.8, 4) is 0 Å². The third-order valence-electron chi connectivity index (χ3n) is 3.30. The summed E-state index contributed by atoms with van der Waals surface area (Å²) in [6.07, 6.45) is 5.69. The number of carbonyl (C=O) groups is 2. The molecule has 0 aliphatic heterocycles. The summed E-state index contributed by atoms with van der Waals surface area (Å²) in [7, 11) is 0. The lowest BCUT2D eigenvalue weighted by atomic mass is 10.2. The van der Waals surface area contributed by atoms with E-state index in [1.165, 1.54) is 12.8 Å². The number of hydrogen-bond donors (Lipinski definition) is 0. The van der Waals surface area contributed by atoms with Gasteiger partial charge in [0.25, 0.3) is 0 Å². The molecular weight excluding hydrogens is 282 g/mol. The van der Waals surface area contributed by atoms with Gasteiger partial charge in [-0.15, -0.1) is 0 Å². The van der Waals surface area contributed by atoms with Gasteiger partial charge in [0.2, 0.25) is 0 Å². The molecular formula is C17H33NO4. The minimum Gasteiger partial charge on any atom is -0.466 e. The Morgan fingerprint density at radius 3 is 1.91 bits per heavy atom. The van der Waals surface area contributed by atoms with Gasteiger partial charge in [-0.3, -0.25) is 9.59 Å². The summed E-state index contributed by atoms with van der Waals surface area (Å²) in [4.78, 5) is 25.0. The van der Waals surface area contributed by atoms with E-state index in [1.807, 2.05) is 0 Å². The molecule has 130 valence electrons. The molecule has 5 nitrogen and oxygen atoms in total. The molecule has 0 spiro atoms. The first kappa shape index (κ1) is 20.9. The van der Waals surface area contributed by atoms with Crippen molar-refractivity contribution in [2.75, 3.05) is 32.8 Å². The largest absolute Gasteiger partial charge is 0.466 e. The van der Waals surface area contributed by atoms with Gasteiger partial charge in [0.15, 0.2) is 0 Å². The van der Waals surface area contributed by atoms with E-state index in [0.29, 0.717) is 13.2 Å². The molecule has 0 aromatic carbocycles. The molecule has 0 bridgehead atoms. The SMILES string of the molecule is CCCN(CCC)CCCCCOC(=O)CCC(=O)OCC. The van der Waals surface area contributed by atoms with Crippen molar-refractivity contribution in [2.45, 2.75) is 65.7 Å². The Balaban J connectivity index is 3.51. The molecule has 0 fully saturated rings. The first-order chi connectivity index (χ1) is 10.6. The van der Waals surface area contributed by atoms with Crippen molar-refractivity contribution < 1.29 is 19.1 Å². The summed E-state index contributed by atoms with van der Waals surface area (Å²) in [6.45, 7) is 10.4. The van der Waals surface area contributed by atoms with Crippen LogP contribution in [0.2, 0.25) is 0 Å². The molecule has 0 aliphatic carbocycles. The van der Waals surface area contributed by atoms with Crippen LogP contribution in [0.3, 0.4) is 0 Å². The van der Waals surface area contributed by atoms with E-state index in [4.69, 9.17) is 9.47 Å². The average molecular weight is 315 g/mol. The maximum atomic E-state index is 11.4. The predicted octanol–water partition coefficient (Wildman–Crippen LogP) is 3.17. The average Bonchev–Trinajstić information content (AvgIpc) is 2.49. The van der Waals surface area contributed by atoms with Gasteiger partial charge in [0.1, 0.15) is 0 Å². The molecule has 22 heavy (non-hydrogen) atoms. The van der Waals surface area contributed by atoms with Gasteiger partial charge in [0, 0.05) is 0 Å². The number of hydrogen-bond acceptors (Lipinski definition) is 5. The highest BCUT2D eigenvalue weighted by atomic mass is 16.5. The zero-order valence-corrected chi connectivity index (χ0v) is 14.6.